The molecule has 2 heterocycles. The zero-order valence-electron chi connectivity index (χ0n) is 18.6. The van der Waals surface area contributed by atoms with Gasteiger partial charge < -0.3 is 15.5 Å². The molecule has 1 aromatic heterocycles. The van der Waals surface area contributed by atoms with Gasteiger partial charge in [-0.15, -0.1) is 0 Å². The Labute approximate surface area is 179 Å². The van der Waals surface area contributed by atoms with Crippen LogP contribution in [0, 0.1) is 19.8 Å². The quantitative estimate of drug-likeness (QED) is 0.518. The molecule has 1 saturated heterocycles. The highest BCUT2D eigenvalue weighted by molar-refractivity contribution is 5.95. The van der Waals surface area contributed by atoms with Gasteiger partial charge in [-0.05, 0) is 56.9 Å². The maximum Gasteiger partial charge on any atom is 0.227 e. The van der Waals surface area contributed by atoms with Crippen molar-refractivity contribution >= 4 is 17.6 Å². The molecule has 1 unspecified atom stereocenters. The van der Waals surface area contributed by atoms with Crippen LogP contribution in [0.1, 0.15) is 43.6 Å². The van der Waals surface area contributed by atoms with Crippen LogP contribution in [0.15, 0.2) is 35.3 Å². The molecule has 0 radical (unpaired) electrons. The van der Waals surface area contributed by atoms with Gasteiger partial charge in [-0.3, -0.25) is 9.48 Å². The standard InChI is InChI=1S/C23H34N6O/c1-5-24-23(25-14-17(2)16-29-19(4)13-18(3)27-29)26-15-20-8-10-21(11-9-20)28-12-6-7-22(28)30/h8-11,13,17H,5-7,12,14-16H2,1-4H3,(H2,24,25,26). The number of rotatable bonds is 8. The Balaban J connectivity index is 1.53. The van der Waals surface area contributed by atoms with Gasteiger partial charge in [0.25, 0.3) is 0 Å². The predicted molar refractivity (Wildman–Crippen MR) is 122 cm³/mol. The first-order valence-corrected chi connectivity index (χ1v) is 10.9. The third-order valence-corrected chi connectivity index (χ3v) is 5.29. The van der Waals surface area contributed by atoms with Crippen molar-refractivity contribution in [2.45, 2.75) is 53.6 Å². The Bertz CT molecular complexity index is 870. The van der Waals surface area contributed by atoms with Gasteiger partial charge in [0.05, 0.1) is 12.2 Å². The molecule has 7 heteroatoms. The lowest BCUT2D eigenvalue weighted by Gasteiger charge is -2.17. The van der Waals surface area contributed by atoms with Gasteiger partial charge in [0.15, 0.2) is 5.96 Å². The lowest BCUT2D eigenvalue weighted by molar-refractivity contribution is -0.117. The van der Waals surface area contributed by atoms with Crippen LogP contribution in [0.5, 0.6) is 0 Å². The fraction of sp³-hybridized carbons (Fsp3) is 0.522. The van der Waals surface area contributed by atoms with Crippen LogP contribution in [0.3, 0.4) is 0 Å². The zero-order valence-corrected chi connectivity index (χ0v) is 18.6. The summed E-state index contributed by atoms with van der Waals surface area (Å²) in [5.41, 5.74) is 4.35. The Kier molecular flexibility index (Phi) is 7.49. The Morgan fingerprint density at radius 2 is 2.00 bits per heavy atom. The molecule has 1 aromatic carbocycles. The van der Waals surface area contributed by atoms with Crippen LogP contribution >= 0.6 is 0 Å². The molecule has 0 bridgehead atoms. The Hall–Kier alpha value is -2.83. The first kappa shape index (κ1) is 21.9. The normalized spacial score (nSPS) is 15.5. The predicted octanol–water partition coefficient (Wildman–Crippen LogP) is 3.02. The molecule has 1 fully saturated rings. The number of hydrogen-bond acceptors (Lipinski definition) is 3. The molecular formula is C23H34N6O. The van der Waals surface area contributed by atoms with Crippen molar-refractivity contribution in [2.75, 3.05) is 24.5 Å². The topological polar surface area (TPSA) is 74.6 Å². The Morgan fingerprint density at radius 1 is 1.23 bits per heavy atom. The van der Waals surface area contributed by atoms with Gasteiger partial charge in [-0.2, -0.15) is 5.10 Å². The summed E-state index contributed by atoms with van der Waals surface area (Å²) in [6.45, 7) is 12.3. The van der Waals surface area contributed by atoms with Gasteiger partial charge in [0.2, 0.25) is 5.91 Å². The number of guanidine groups is 1. The van der Waals surface area contributed by atoms with E-state index in [1.54, 1.807) is 0 Å². The summed E-state index contributed by atoms with van der Waals surface area (Å²) in [5, 5.41) is 11.3. The minimum Gasteiger partial charge on any atom is -0.357 e. The van der Waals surface area contributed by atoms with Crippen LogP contribution in [0.4, 0.5) is 5.69 Å². The van der Waals surface area contributed by atoms with E-state index in [1.807, 2.05) is 24.0 Å². The average molecular weight is 411 g/mol. The smallest absolute Gasteiger partial charge is 0.227 e. The molecule has 7 nitrogen and oxygen atoms in total. The number of amides is 1. The molecule has 0 spiro atoms. The molecule has 1 atom stereocenters. The van der Waals surface area contributed by atoms with Crippen molar-refractivity contribution < 1.29 is 4.79 Å². The molecule has 1 aliphatic rings. The molecule has 2 N–H and O–H groups in total. The maximum atomic E-state index is 11.9. The number of hydrogen-bond donors (Lipinski definition) is 2. The van der Waals surface area contributed by atoms with E-state index in [9.17, 15) is 4.79 Å². The van der Waals surface area contributed by atoms with E-state index < -0.39 is 0 Å². The van der Waals surface area contributed by atoms with Crippen molar-refractivity contribution in [1.29, 1.82) is 0 Å². The Morgan fingerprint density at radius 3 is 2.60 bits per heavy atom. The zero-order chi connectivity index (χ0) is 21.5. The van der Waals surface area contributed by atoms with Crippen molar-refractivity contribution in [2.24, 2.45) is 10.9 Å². The van der Waals surface area contributed by atoms with Gasteiger partial charge in [0.1, 0.15) is 0 Å². The molecule has 0 saturated carbocycles. The van der Waals surface area contributed by atoms with E-state index in [-0.39, 0.29) is 5.91 Å². The number of nitrogens with one attached hydrogen (secondary N) is 2. The number of anilines is 1. The first-order valence-electron chi connectivity index (χ1n) is 10.9. The number of benzene rings is 1. The van der Waals surface area contributed by atoms with Crippen LogP contribution in [0.25, 0.3) is 0 Å². The molecule has 0 aliphatic carbocycles. The number of nitrogens with zero attached hydrogens (tertiary/aromatic N) is 4. The van der Waals surface area contributed by atoms with Crippen LogP contribution in [-0.4, -0.2) is 41.3 Å². The van der Waals surface area contributed by atoms with E-state index in [0.29, 0.717) is 18.9 Å². The van der Waals surface area contributed by atoms with Crippen molar-refractivity contribution in [3.8, 4) is 0 Å². The van der Waals surface area contributed by atoms with Crippen LogP contribution in [-0.2, 0) is 17.9 Å². The molecule has 162 valence electrons. The van der Waals surface area contributed by atoms with E-state index in [4.69, 9.17) is 4.99 Å². The summed E-state index contributed by atoms with van der Waals surface area (Å²) in [6.07, 6.45) is 1.60. The van der Waals surface area contributed by atoms with E-state index >= 15 is 0 Å². The SMILES string of the molecule is CCNC(=NCc1ccc(N2CCCC2=O)cc1)NCC(C)Cn1nc(C)cc1C. The average Bonchev–Trinajstić information content (AvgIpc) is 3.29. The van der Waals surface area contributed by atoms with E-state index in [2.05, 4.69) is 59.4 Å². The first-order chi connectivity index (χ1) is 14.5. The number of aliphatic imine (C=N–C) groups is 1. The maximum absolute atomic E-state index is 11.9. The van der Waals surface area contributed by atoms with Crippen molar-refractivity contribution in [3.63, 3.8) is 0 Å². The van der Waals surface area contributed by atoms with Crippen LogP contribution < -0.4 is 15.5 Å². The monoisotopic (exact) mass is 410 g/mol. The second kappa shape index (κ2) is 10.3. The fourth-order valence-corrected chi connectivity index (χ4v) is 3.70. The van der Waals surface area contributed by atoms with Crippen molar-refractivity contribution in [1.82, 2.24) is 20.4 Å². The number of aryl methyl sites for hydroxylation is 2. The number of aromatic nitrogens is 2. The van der Waals surface area contributed by atoms with Gasteiger partial charge in [-0.25, -0.2) is 4.99 Å². The minimum atomic E-state index is 0.217. The third kappa shape index (κ3) is 5.84. The molecule has 3 rings (SSSR count). The highest BCUT2D eigenvalue weighted by Gasteiger charge is 2.21. The molecule has 1 amide bonds. The molecule has 1 aliphatic heterocycles. The molecule has 30 heavy (non-hydrogen) atoms. The van der Waals surface area contributed by atoms with Crippen LogP contribution in [0.2, 0.25) is 0 Å². The van der Waals surface area contributed by atoms with Gasteiger partial charge in [0, 0.05) is 44.0 Å². The summed E-state index contributed by atoms with van der Waals surface area (Å²) in [5.74, 6) is 1.45. The third-order valence-electron chi connectivity index (χ3n) is 5.29. The second-order valence-corrected chi connectivity index (χ2v) is 8.11. The fourth-order valence-electron chi connectivity index (χ4n) is 3.70. The molecule has 2 aromatic rings. The number of carbonyl (C=O) groups is 1. The summed E-state index contributed by atoms with van der Waals surface area (Å²) in [4.78, 5) is 18.5. The lowest BCUT2D eigenvalue weighted by Crippen LogP contribution is -2.40. The van der Waals surface area contributed by atoms with Gasteiger partial charge >= 0.3 is 0 Å². The summed E-state index contributed by atoms with van der Waals surface area (Å²) in [6, 6.07) is 10.3. The molecular weight excluding hydrogens is 376 g/mol. The van der Waals surface area contributed by atoms with Crippen molar-refractivity contribution in [3.05, 3.63) is 47.3 Å². The summed E-state index contributed by atoms with van der Waals surface area (Å²) >= 11 is 0. The van der Waals surface area contributed by atoms with E-state index in [1.165, 1.54) is 5.69 Å². The minimum absolute atomic E-state index is 0.217. The summed E-state index contributed by atoms with van der Waals surface area (Å²) < 4.78 is 2.07. The largest absolute Gasteiger partial charge is 0.357 e. The van der Waals surface area contributed by atoms with E-state index in [0.717, 1.165) is 55.5 Å². The van der Waals surface area contributed by atoms with Gasteiger partial charge in [-0.1, -0.05) is 19.1 Å². The number of carbonyl (C=O) groups excluding carboxylic acids is 1. The highest BCUT2D eigenvalue weighted by atomic mass is 16.2. The summed E-state index contributed by atoms with van der Waals surface area (Å²) in [7, 11) is 0. The second-order valence-electron chi connectivity index (χ2n) is 8.11. The highest BCUT2D eigenvalue weighted by Crippen LogP contribution is 2.21. The lowest BCUT2D eigenvalue weighted by atomic mass is 10.2.